The molecule has 0 aromatic carbocycles. The summed E-state index contributed by atoms with van der Waals surface area (Å²) in [7, 11) is -3.85. The first kappa shape index (κ1) is 24.7. The second kappa shape index (κ2) is 9.48. The Balaban J connectivity index is 1.77. The van der Waals surface area contributed by atoms with Gasteiger partial charge >= 0.3 is 0 Å². The topological polar surface area (TPSA) is 114 Å². The number of rotatable bonds is 5. The number of ether oxygens (including phenoxy) is 1. The second-order valence-corrected chi connectivity index (χ2v) is 11.5. The fraction of sp³-hybridized carbons (Fsp3) is 0.762. The van der Waals surface area contributed by atoms with E-state index < -0.39 is 15.6 Å². The summed E-state index contributed by atoms with van der Waals surface area (Å²) in [5.74, 6) is -0.595. The van der Waals surface area contributed by atoms with Crippen molar-refractivity contribution in [2.45, 2.75) is 64.4 Å². The van der Waals surface area contributed by atoms with Crippen molar-refractivity contribution in [2.75, 3.05) is 39.4 Å². The SMILES string of the molecule is Cc1nn(CC(=O)NC(C)(C)C)c(C)c1S(=O)(=O)N1CCCC(C(=O)N2CCOCC2)C1. The molecule has 10 nitrogen and oxygen atoms in total. The predicted octanol–water partition coefficient (Wildman–Crippen LogP) is 0.674. The third-order valence-electron chi connectivity index (χ3n) is 5.78. The van der Waals surface area contributed by atoms with Crippen LogP contribution in [0.5, 0.6) is 0 Å². The van der Waals surface area contributed by atoms with Gasteiger partial charge in [-0.05, 0) is 47.5 Å². The lowest BCUT2D eigenvalue weighted by atomic mass is 9.98. The van der Waals surface area contributed by atoms with Gasteiger partial charge in [0.25, 0.3) is 0 Å². The van der Waals surface area contributed by atoms with E-state index in [1.807, 2.05) is 20.8 Å². The van der Waals surface area contributed by atoms with Gasteiger partial charge in [-0.15, -0.1) is 0 Å². The van der Waals surface area contributed by atoms with Crippen LogP contribution in [0.4, 0.5) is 0 Å². The third kappa shape index (κ3) is 5.49. The molecule has 1 N–H and O–H groups in total. The molecule has 180 valence electrons. The highest BCUT2D eigenvalue weighted by molar-refractivity contribution is 7.89. The summed E-state index contributed by atoms with van der Waals surface area (Å²) in [5.41, 5.74) is 0.388. The summed E-state index contributed by atoms with van der Waals surface area (Å²) in [6.07, 6.45) is 1.30. The molecule has 2 aliphatic heterocycles. The number of carbonyl (C=O) groups excluding carboxylic acids is 2. The zero-order valence-corrected chi connectivity index (χ0v) is 20.5. The van der Waals surface area contributed by atoms with Crippen molar-refractivity contribution in [2.24, 2.45) is 5.92 Å². The van der Waals surface area contributed by atoms with Gasteiger partial charge in [-0.1, -0.05) is 0 Å². The smallest absolute Gasteiger partial charge is 0.246 e. The molecule has 3 heterocycles. The lowest BCUT2D eigenvalue weighted by Gasteiger charge is -2.35. The minimum absolute atomic E-state index is 0.00353. The summed E-state index contributed by atoms with van der Waals surface area (Å²) in [6.45, 7) is 11.5. The van der Waals surface area contributed by atoms with E-state index in [0.717, 1.165) is 0 Å². The molecule has 1 unspecified atom stereocenters. The molecule has 2 fully saturated rings. The summed E-state index contributed by atoms with van der Waals surface area (Å²) >= 11 is 0. The summed E-state index contributed by atoms with van der Waals surface area (Å²) in [4.78, 5) is 27.2. The Kier molecular flexibility index (Phi) is 7.31. The van der Waals surface area contributed by atoms with Gasteiger partial charge in [0.1, 0.15) is 11.4 Å². The van der Waals surface area contributed by atoms with Crippen molar-refractivity contribution < 1.29 is 22.7 Å². The molecule has 2 amide bonds. The number of piperidine rings is 1. The van der Waals surface area contributed by atoms with Crippen molar-refractivity contribution >= 4 is 21.8 Å². The van der Waals surface area contributed by atoms with Crippen molar-refractivity contribution in [3.05, 3.63) is 11.4 Å². The lowest BCUT2D eigenvalue weighted by molar-refractivity contribution is -0.140. The molecule has 0 spiro atoms. The highest BCUT2D eigenvalue weighted by Crippen LogP contribution is 2.28. The second-order valence-electron chi connectivity index (χ2n) is 9.60. The molecule has 1 atom stereocenters. The standard InChI is InChI=1S/C21H35N5O5S/c1-15-19(16(2)26(23-15)14-18(27)22-21(3,4)5)32(29,30)25-8-6-7-17(13-25)20(28)24-9-11-31-12-10-24/h17H,6-14H2,1-5H3,(H,22,27). The molecule has 1 aromatic heterocycles. The quantitative estimate of drug-likeness (QED) is 0.678. The fourth-order valence-corrected chi connectivity index (χ4v) is 6.23. The zero-order chi connectivity index (χ0) is 23.7. The number of sulfonamides is 1. The van der Waals surface area contributed by atoms with E-state index >= 15 is 0 Å². The maximum Gasteiger partial charge on any atom is 0.246 e. The van der Waals surface area contributed by atoms with Crippen LogP contribution in [0.1, 0.15) is 45.0 Å². The van der Waals surface area contributed by atoms with Crippen molar-refractivity contribution in [3.63, 3.8) is 0 Å². The minimum atomic E-state index is -3.85. The fourth-order valence-electron chi connectivity index (χ4n) is 4.33. The van der Waals surface area contributed by atoms with Crippen LogP contribution in [0, 0.1) is 19.8 Å². The summed E-state index contributed by atoms with van der Waals surface area (Å²) in [6, 6.07) is 0. The molecule has 3 rings (SSSR count). The maximum absolute atomic E-state index is 13.5. The van der Waals surface area contributed by atoms with E-state index in [9.17, 15) is 18.0 Å². The number of nitrogens with one attached hydrogen (secondary N) is 1. The Hall–Kier alpha value is -1.98. The number of hydrogen-bond donors (Lipinski definition) is 1. The lowest BCUT2D eigenvalue weighted by Crippen LogP contribution is -2.49. The van der Waals surface area contributed by atoms with Gasteiger partial charge in [0.05, 0.1) is 30.5 Å². The number of amides is 2. The average molecular weight is 470 g/mol. The molecule has 1 aromatic rings. The Labute approximate surface area is 190 Å². The van der Waals surface area contributed by atoms with Gasteiger partial charge in [0, 0.05) is 31.7 Å². The number of aromatic nitrogens is 2. The van der Waals surface area contributed by atoms with E-state index in [-0.39, 0.29) is 35.7 Å². The molecular weight excluding hydrogens is 434 g/mol. The Bertz CT molecular complexity index is 960. The third-order valence-corrected chi connectivity index (χ3v) is 7.90. The largest absolute Gasteiger partial charge is 0.378 e. The molecule has 0 radical (unpaired) electrons. The highest BCUT2D eigenvalue weighted by Gasteiger charge is 2.38. The molecule has 2 saturated heterocycles. The zero-order valence-electron chi connectivity index (χ0n) is 19.7. The molecule has 0 bridgehead atoms. The highest BCUT2D eigenvalue weighted by atomic mass is 32.2. The van der Waals surface area contributed by atoms with Gasteiger partial charge in [-0.3, -0.25) is 14.3 Å². The van der Waals surface area contributed by atoms with Gasteiger partial charge in [-0.2, -0.15) is 9.40 Å². The van der Waals surface area contributed by atoms with E-state index in [1.165, 1.54) is 8.99 Å². The van der Waals surface area contributed by atoms with Crippen molar-refractivity contribution in [3.8, 4) is 0 Å². The van der Waals surface area contributed by atoms with Gasteiger partial charge in [0.2, 0.25) is 21.8 Å². The van der Waals surface area contributed by atoms with Crippen LogP contribution in [-0.4, -0.2) is 84.1 Å². The van der Waals surface area contributed by atoms with E-state index in [2.05, 4.69) is 10.4 Å². The number of carbonyl (C=O) groups is 2. The number of hydrogen-bond acceptors (Lipinski definition) is 6. The Morgan fingerprint density at radius 2 is 1.81 bits per heavy atom. The molecule has 0 saturated carbocycles. The number of morpholine rings is 1. The van der Waals surface area contributed by atoms with Crippen LogP contribution in [0.15, 0.2) is 4.90 Å². The van der Waals surface area contributed by atoms with E-state index in [4.69, 9.17) is 4.74 Å². The van der Waals surface area contributed by atoms with Gasteiger partial charge in [-0.25, -0.2) is 8.42 Å². The first-order valence-electron chi connectivity index (χ1n) is 11.1. The predicted molar refractivity (Wildman–Crippen MR) is 118 cm³/mol. The minimum Gasteiger partial charge on any atom is -0.378 e. The molecular formula is C21H35N5O5S. The van der Waals surface area contributed by atoms with Crippen LogP contribution < -0.4 is 5.32 Å². The Morgan fingerprint density at radius 3 is 2.44 bits per heavy atom. The number of nitrogens with zero attached hydrogens (tertiary/aromatic N) is 4. The van der Waals surface area contributed by atoms with E-state index in [1.54, 1.807) is 18.7 Å². The normalized spacial score (nSPS) is 20.9. The van der Waals surface area contributed by atoms with Crippen molar-refractivity contribution in [1.82, 2.24) is 24.3 Å². The molecule has 32 heavy (non-hydrogen) atoms. The van der Waals surface area contributed by atoms with Crippen LogP contribution in [0.25, 0.3) is 0 Å². The summed E-state index contributed by atoms with van der Waals surface area (Å²) < 4.78 is 35.2. The average Bonchev–Trinajstić information content (AvgIpc) is 3.00. The Morgan fingerprint density at radius 1 is 1.16 bits per heavy atom. The van der Waals surface area contributed by atoms with Crippen LogP contribution in [0.3, 0.4) is 0 Å². The number of aryl methyl sites for hydroxylation is 1. The summed E-state index contributed by atoms with van der Waals surface area (Å²) in [5, 5.41) is 7.19. The van der Waals surface area contributed by atoms with Crippen LogP contribution >= 0.6 is 0 Å². The van der Waals surface area contributed by atoms with Gasteiger partial charge in [0.15, 0.2) is 0 Å². The van der Waals surface area contributed by atoms with Gasteiger partial charge < -0.3 is 15.0 Å². The van der Waals surface area contributed by atoms with Crippen molar-refractivity contribution in [1.29, 1.82) is 0 Å². The first-order valence-corrected chi connectivity index (χ1v) is 12.6. The molecule has 0 aliphatic carbocycles. The molecule has 11 heteroatoms. The monoisotopic (exact) mass is 469 g/mol. The molecule has 2 aliphatic rings. The van der Waals surface area contributed by atoms with Crippen LogP contribution in [-0.2, 0) is 30.9 Å². The van der Waals surface area contributed by atoms with Crippen LogP contribution in [0.2, 0.25) is 0 Å². The first-order chi connectivity index (χ1) is 14.9. The maximum atomic E-state index is 13.5. The van der Waals surface area contributed by atoms with E-state index in [0.29, 0.717) is 57.1 Å².